The van der Waals surface area contributed by atoms with Gasteiger partial charge in [0.2, 0.25) is 0 Å². The molecule has 0 saturated carbocycles. The Morgan fingerprint density at radius 1 is 1.42 bits per heavy atom. The Hall–Kier alpha value is -1.88. The number of aromatic nitrogens is 3. The van der Waals surface area contributed by atoms with Crippen molar-refractivity contribution in [3.8, 4) is 0 Å². The molecule has 1 N–H and O–H groups in total. The first-order chi connectivity index (χ1) is 9.22. The third kappa shape index (κ3) is 2.61. The Bertz CT molecular complexity index is 672. The quantitative estimate of drug-likeness (QED) is 0.793. The summed E-state index contributed by atoms with van der Waals surface area (Å²) in [6.45, 7) is 4.19. The van der Waals surface area contributed by atoms with Crippen molar-refractivity contribution in [2.24, 2.45) is 0 Å². The largest absolute Gasteiger partial charge is 0.367 e. The summed E-state index contributed by atoms with van der Waals surface area (Å²) in [5.74, 6) is 0.997. The van der Waals surface area contributed by atoms with E-state index in [1.54, 1.807) is 17.5 Å². The van der Waals surface area contributed by atoms with Crippen LogP contribution in [0, 0.1) is 6.92 Å². The van der Waals surface area contributed by atoms with Crippen LogP contribution < -0.4 is 5.32 Å². The molecule has 0 spiro atoms. The highest BCUT2D eigenvalue weighted by Crippen LogP contribution is 2.16. The van der Waals surface area contributed by atoms with E-state index < -0.39 is 0 Å². The molecule has 0 aromatic carbocycles. The Balaban J connectivity index is 1.82. The number of nitrogens with zero attached hydrogens (tertiary/aromatic N) is 3. The lowest BCUT2D eigenvalue weighted by molar-refractivity contribution is 0.778. The van der Waals surface area contributed by atoms with Gasteiger partial charge in [-0.05, 0) is 25.3 Å². The fraction of sp³-hybridized carbons (Fsp3) is 0.286. The first kappa shape index (κ1) is 12.2. The molecule has 3 rings (SSSR count). The van der Waals surface area contributed by atoms with Gasteiger partial charge in [-0.2, -0.15) is 9.61 Å². The molecular weight excluding hydrogens is 256 g/mol. The van der Waals surface area contributed by atoms with Crippen molar-refractivity contribution in [1.82, 2.24) is 14.6 Å². The van der Waals surface area contributed by atoms with E-state index in [9.17, 15) is 0 Å². The van der Waals surface area contributed by atoms with Gasteiger partial charge in [-0.3, -0.25) is 0 Å². The molecule has 0 bridgehead atoms. The fourth-order valence-corrected chi connectivity index (χ4v) is 3.01. The number of aryl methyl sites for hydroxylation is 1. The van der Waals surface area contributed by atoms with Crippen LogP contribution in [0.1, 0.15) is 17.5 Å². The number of fused-ring (bicyclic) bond motifs is 1. The monoisotopic (exact) mass is 272 g/mol. The molecule has 1 atom stereocenters. The van der Waals surface area contributed by atoms with Crippen LogP contribution in [-0.4, -0.2) is 20.6 Å². The van der Waals surface area contributed by atoms with Gasteiger partial charge in [-0.25, -0.2) is 4.98 Å². The highest BCUT2D eigenvalue weighted by Gasteiger charge is 2.09. The van der Waals surface area contributed by atoms with Gasteiger partial charge in [0.25, 0.3) is 0 Å². The van der Waals surface area contributed by atoms with E-state index in [4.69, 9.17) is 0 Å². The molecule has 98 valence electrons. The molecule has 0 aliphatic rings. The number of nitrogens with one attached hydrogen (secondary N) is 1. The van der Waals surface area contributed by atoms with Crippen molar-refractivity contribution in [2.45, 2.75) is 26.3 Å². The van der Waals surface area contributed by atoms with E-state index >= 15 is 0 Å². The molecule has 3 heterocycles. The van der Waals surface area contributed by atoms with Gasteiger partial charge in [0.15, 0.2) is 5.65 Å². The van der Waals surface area contributed by atoms with Gasteiger partial charge in [0.1, 0.15) is 5.82 Å². The van der Waals surface area contributed by atoms with E-state index in [-0.39, 0.29) is 0 Å². The zero-order chi connectivity index (χ0) is 13.2. The molecule has 3 aromatic rings. The van der Waals surface area contributed by atoms with Crippen molar-refractivity contribution < 1.29 is 0 Å². The number of hydrogen-bond donors (Lipinski definition) is 1. The third-order valence-electron chi connectivity index (χ3n) is 2.97. The molecule has 0 saturated heterocycles. The maximum atomic E-state index is 4.44. The summed E-state index contributed by atoms with van der Waals surface area (Å²) >= 11 is 1.80. The fourth-order valence-electron chi connectivity index (χ4n) is 2.18. The first-order valence-corrected chi connectivity index (χ1v) is 7.20. The van der Waals surface area contributed by atoms with Crippen LogP contribution >= 0.6 is 11.3 Å². The second-order valence-electron chi connectivity index (χ2n) is 4.71. The summed E-state index contributed by atoms with van der Waals surface area (Å²) in [4.78, 5) is 5.83. The molecule has 0 amide bonds. The Morgan fingerprint density at radius 2 is 2.32 bits per heavy atom. The minimum atomic E-state index is 0.354. The van der Waals surface area contributed by atoms with Crippen molar-refractivity contribution in [1.29, 1.82) is 0 Å². The molecule has 5 heteroatoms. The van der Waals surface area contributed by atoms with Crippen LogP contribution in [0.2, 0.25) is 0 Å². The number of thiophene rings is 1. The summed E-state index contributed by atoms with van der Waals surface area (Å²) < 4.78 is 1.85. The SMILES string of the molecule is Cc1cc(N[C@@H](C)Cc2cccs2)n2nccc2n1. The zero-order valence-electron chi connectivity index (χ0n) is 11.0. The molecule has 0 aliphatic heterocycles. The highest BCUT2D eigenvalue weighted by atomic mass is 32.1. The van der Waals surface area contributed by atoms with E-state index in [1.165, 1.54) is 4.88 Å². The second-order valence-corrected chi connectivity index (χ2v) is 5.75. The molecule has 0 unspecified atom stereocenters. The molecular formula is C14H16N4S. The van der Waals surface area contributed by atoms with Crippen molar-refractivity contribution >= 4 is 22.8 Å². The van der Waals surface area contributed by atoms with Crippen LogP contribution in [0.25, 0.3) is 5.65 Å². The summed E-state index contributed by atoms with van der Waals surface area (Å²) in [6, 6.07) is 8.57. The smallest absolute Gasteiger partial charge is 0.157 e. The van der Waals surface area contributed by atoms with Gasteiger partial charge in [0.05, 0.1) is 6.20 Å². The van der Waals surface area contributed by atoms with Crippen LogP contribution in [-0.2, 0) is 6.42 Å². The maximum Gasteiger partial charge on any atom is 0.157 e. The lowest BCUT2D eigenvalue weighted by Crippen LogP contribution is -2.20. The Labute approximate surface area is 116 Å². The number of anilines is 1. The molecule has 0 fully saturated rings. The van der Waals surface area contributed by atoms with Crippen molar-refractivity contribution in [3.63, 3.8) is 0 Å². The maximum absolute atomic E-state index is 4.44. The molecule has 4 nitrogen and oxygen atoms in total. The van der Waals surface area contributed by atoms with Crippen LogP contribution in [0.15, 0.2) is 35.8 Å². The minimum absolute atomic E-state index is 0.354. The van der Waals surface area contributed by atoms with E-state index in [0.717, 1.165) is 23.6 Å². The topological polar surface area (TPSA) is 42.2 Å². The van der Waals surface area contributed by atoms with Crippen LogP contribution in [0.5, 0.6) is 0 Å². The van der Waals surface area contributed by atoms with Crippen molar-refractivity contribution in [3.05, 3.63) is 46.4 Å². The molecule has 0 aliphatic carbocycles. The molecule has 19 heavy (non-hydrogen) atoms. The summed E-state index contributed by atoms with van der Waals surface area (Å²) in [5.41, 5.74) is 1.88. The zero-order valence-corrected chi connectivity index (χ0v) is 11.8. The number of hydrogen-bond acceptors (Lipinski definition) is 4. The standard InChI is InChI=1S/C14H16N4S/c1-10(8-12-4-3-7-19-12)17-14-9-11(2)16-13-5-6-15-18(13)14/h3-7,9-10,17H,8H2,1-2H3/t10-/m0/s1. The first-order valence-electron chi connectivity index (χ1n) is 6.32. The molecule has 3 aromatic heterocycles. The van der Waals surface area contributed by atoms with Crippen LogP contribution in [0.4, 0.5) is 5.82 Å². The van der Waals surface area contributed by atoms with E-state index in [2.05, 4.69) is 39.8 Å². The Kier molecular flexibility index (Phi) is 3.21. The summed E-state index contributed by atoms with van der Waals surface area (Å²) in [7, 11) is 0. The van der Waals surface area contributed by atoms with E-state index in [0.29, 0.717) is 6.04 Å². The average Bonchev–Trinajstić information content (AvgIpc) is 2.99. The lowest BCUT2D eigenvalue weighted by Gasteiger charge is -2.15. The highest BCUT2D eigenvalue weighted by molar-refractivity contribution is 7.09. The normalized spacial score (nSPS) is 12.7. The second kappa shape index (κ2) is 5.01. The van der Waals surface area contributed by atoms with Gasteiger partial charge in [0, 0.05) is 35.2 Å². The Morgan fingerprint density at radius 3 is 3.11 bits per heavy atom. The van der Waals surface area contributed by atoms with Crippen molar-refractivity contribution in [2.75, 3.05) is 5.32 Å². The predicted octanol–water partition coefficient (Wildman–Crippen LogP) is 3.14. The van der Waals surface area contributed by atoms with Gasteiger partial charge >= 0.3 is 0 Å². The lowest BCUT2D eigenvalue weighted by atomic mass is 10.2. The van der Waals surface area contributed by atoms with Gasteiger partial charge < -0.3 is 5.32 Å². The molecule has 0 radical (unpaired) electrons. The average molecular weight is 272 g/mol. The predicted molar refractivity (Wildman–Crippen MR) is 78.8 cm³/mol. The van der Waals surface area contributed by atoms with E-state index in [1.807, 2.05) is 23.6 Å². The summed E-state index contributed by atoms with van der Waals surface area (Å²) in [5, 5.41) is 9.94. The van der Waals surface area contributed by atoms with Crippen LogP contribution in [0.3, 0.4) is 0 Å². The van der Waals surface area contributed by atoms with Gasteiger partial charge in [-0.15, -0.1) is 11.3 Å². The third-order valence-corrected chi connectivity index (χ3v) is 3.87. The minimum Gasteiger partial charge on any atom is -0.367 e. The summed E-state index contributed by atoms with van der Waals surface area (Å²) in [6.07, 6.45) is 2.79. The number of rotatable bonds is 4. The van der Waals surface area contributed by atoms with Gasteiger partial charge in [-0.1, -0.05) is 6.07 Å².